The van der Waals surface area contributed by atoms with Crippen LogP contribution in [-0.2, 0) is 11.3 Å². The molecule has 4 rings (SSSR count). The largest absolute Gasteiger partial charge is 0.465 e. The lowest BCUT2D eigenvalue weighted by molar-refractivity contribution is 0.0601. The fraction of sp³-hybridized carbons (Fsp3) is 0.318. The zero-order valence-electron chi connectivity index (χ0n) is 17.4. The zero-order chi connectivity index (χ0) is 21.4. The Morgan fingerprint density at radius 3 is 2.80 bits per heavy atom. The first-order valence-electron chi connectivity index (χ1n) is 9.79. The van der Waals surface area contributed by atoms with Crippen molar-refractivity contribution in [2.24, 2.45) is 5.92 Å². The smallest absolute Gasteiger partial charge is 0.337 e. The molecule has 0 saturated carbocycles. The van der Waals surface area contributed by atoms with E-state index in [1.807, 2.05) is 24.0 Å². The van der Waals surface area contributed by atoms with E-state index >= 15 is 0 Å². The molecule has 0 aliphatic rings. The van der Waals surface area contributed by atoms with Crippen molar-refractivity contribution in [3.63, 3.8) is 0 Å². The second kappa shape index (κ2) is 7.99. The van der Waals surface area contributed by atoms with Crippen molar-refractivity contribution in [3.05, 3.63) is 53.2 Å². The lowest BCUT2D eigenvalue weighted by Crippen LogP contribution is -2.06. The number of nitrogens with one attached hydrogen (secondary N) is 2. The first kappa shape index (κ1) is 20.2. The summed E-state index contributed by atoms with van der Waals surface area (Å²) in [6, 6.07) is 9.64. The number of hydrogen-bond donors (Lipinski definition) is 2. The van der Waals surface area contributed by atoms with E-state index in [9.17, 15) is 4.79 Å². The molecule has 30 heavy (non-hydrogen) atoms. The third kappa shape index (κ3) is 3.50. The van der Waals surface area contributed by atoms with Gasteiger partial charge in [-0.1, -0.05) is 19.9 Å². The summed E-state index contributed by atoms with van der Waals surface area (Å²) < 4.78 is 6.76. The van der Waals surface area contributed by atoms with E-state index in [1.165, 1.54) is 7.11 Å². The average Bonchev–Trinajstić information content (AvgIpc) is 3.36. The molecule has 0 amide bonds. The number of carbonyl (C=O) groups excluding carboxylic acids is 1. The Kier molecular flexibility index (Phi) is 5.39. The number of ether oxygens (including phenoxy) is 1. The molecule has 0 radical (unpaired) electrons. The molecule has 2 N–H and O–H groups in total. The number of halogens is 1. The summed E-state index contributed by atoms with van der Waals surface area (Å²) >= 11 is 6.66. The fourth-order valence-corrected chi connectivity index (χ4v) is 3.84. The number of rotatable bonds is 6. The van der Waals surface area contributed by atoms with E-state index in [0.717, 1.165) is 32.9 Å². The second-order valence-electron chi connectivity index (χ2n) is 7.64. The Labute approximate surface area is 179 Å². The fourth-order valence-electron chi connectivity index (χ4n) is 3.72. The molecule has 0 aliphatic heterocycles. The minimum Gasteiger partial charge on any atom is -0.465 e. The number of nitrogens with zero attached hydrogens (tertiary/aromatic N) is 3. The molecule has 0 bridgehead atoms. The lowest BCUT2D eigenvalue weighted by atomic mass is 9.98. The summed E-state index contributed by atoms with van der Waals surface area (Å²) in [6.07, 6.45) is 1.81. The van der Waals surface area contributed by atoms with Gasteiger partial charge < -0.3 is 10.1 Å². The van der Waals surface area contributed by atoms with E-state index in [2.05, 4.69) is 41.5 Å². The summed E-state index contributed by atoms with van der Waals surface area (Å²) in [7, 11) is 3.18. The maximum absolute atomic E-state index is 11.9. The van der Waals surface area contributed by atoms with Gasteiger partial charge >= 0.3 is 5.97 Å². The Morgan fingerprint density at radius 2 is 2.10 bits per heavy atom. The van der Waals surface area contributed by atoms with Gasteiger partial charge in [-0.25, -0.2) is 4.79 Å². The van der Waals surface area contributed by atoms with Crippen molar-refractivity contribution >= 4 is 45.2 Å². The zero-order valence-corrected chi connectivity index (χ0v) is 18.1. The lowest BCUT2D eigenvalue weighted by Gasteiger charge is -2.16. The molecule has 0 fully saturated rings. The minimum absolute atomic E-state index is 0.0899. The highest BCUT2D eigenvalue weighted by Gasteiger charge is 2.18. The van der Waals surface area contributed by atoms with Crippen LogP contribution < -0.4 is 5.32 Å². The molecular weight excluding hydrogens is 402 g/mol. The quantitative estimate of drug-likeness (QED) is 0.344. The van der Waals surface area contributed by atoms with Gasteiger partial charge in [0.15, 0.2) is 5.82 Å². The van der Waals surface area contributed by atoms with Gasteiger partial charge in [0, 0.05) is 17.8 Å². The summed E-state index contributed by atoms with van der Waals surface area (Å²) in [4.78, 5) is 11.9. The molecular formula is C22H24ClN5O2. The molecule has 4 aromatic rings. The number of carbonyl (C=O) groups is 1. The molecule has 0 saturated heterocycles. The van der Waals surface area contributed by atoms with Crippen molar-refractivity contribution in [2.45, 2.75) is 25.8 Å². The predicted octanol–water partition coefficient (Wildman–Crippen LogP) is 4.73. The molecule has 1 atom stereocenters. The Hall–Kier alpha value is -3.06. The number of benzene rings is 2. The van der Waals surface area contributed by atoms with Crippen LogP contribution in [0.25, 0.3) is 21.8 Å². The van der Waals surface area contributed by atoms with Crippen LogP contribution in [0.3, 0.4) is 0 Å². The van der Waals surface area contributed by atoms with Crippen molar-refractivity contribution in [1.29, 1.82) is 0 Å². The highest BCUT2D eigenvalue weighted by Crippen LogP contribution is 2.33. The van der Waals surface area contributed by atoms with Crippen LogP contribution in [0.15, 0.2) is 36.5 Å². The van der Waals surface area contributed by atoms with Gasteiger partial charge in [-0.2, -0.15) is 10.2 Å². The van der Waals surface area contributed by atoms with Gasteiger partial charge in [-0.05, 0) is 41.3 Å². The number of esters is 1. The molecule has 0 aliphatic carbocycles. The maximum atomic E-state index is 11.9. The summed E-state index contributed by atoms with van der Waals surface area (Å²) in [6.45, 7) is 4.75. The van der Waals surface area contributed by atoms with Crippen LogP contribution in [0.2, 0.25) is 0 Å². The van der Waals surface area contributed by atoms with Crippen molar-refractivity contribution < 1.29 is 9.53 Å². The molecule has 0 spiro atoms. The third-order valence-corrected chi connectivity index (χ3v) is 6.04. The first-order chi connectivity index (χ1) is 14.4. The Balaban J connectivity index is 1.82. The van der Waals surface area contributed by atoms with Gasteiger partial charge in [-0.15, -0.1) is 11.6 Å². The number of aromatic amines is 1. The van der Waals surface area contributed by atoms with Crippen molar-refractivity contribution in [2.75, 3.05) is 19.5 Å². The molecule has 8 heteroatoms. The van der Waals surface area contributed by atoms with Crippen LogP contribution in [-0.4, -0.2) is 40.1 Å². The number of methoxy groups -OCH3 is 1. The highest BCUT2D eigenvalue weighted by molar-refractivity contribution is 6.21. The number of hydrogen-bond acceptors (Lipinski definition) is 5. The van der Waals surface area contributed by atoms with Gasteiger partial charge in [0.1, 0.15) is 0 Å². The van der Waals surface area contributed by atoms with Gasteiger partial charge in [-0.3, -0.25) is 9.78 Å². The van der Waals surface area contributed by atoms with E-state index in [4.69, 9.17) is 21.4 Å². The van der Waals surface area contributed by atoms with Gasteiger partial charge in [0.2, 0.25) is 0 Å². The van der Waals surface area contributed by atoms with Crippen LogP contribution in [0, 0.1) is 5.92 Å². The summed E-state index contributed by atoms with van der Waals surface area (Å²) in [5.74, 6) is 0.632. The van der Waals surface area contributed by atoms with E-state index in [1.54, 1.807) is 12.1 Å². The molecule has 2 heterocycles. The third-order valence-electron chi connectivity index (χ3n) is 5.29. The topological polar surface area (TPSA) is 84.8 Å². The average molecular weight is 426 g/mol. The van der Waals surface area contributed by atoms with Crippen LogP contribution in [0.5, 0.6) is 0 Å². The van der Waals surface area contributed by atoms with E-state index < -0.39 is 0 Å². The molecule has 7 nitrogen and oxygen atoms in total. The summed E-state index contributed by atoms with van der Waals surface area (Å²) in [5, 5.41) is 16.9. The van der Waals surface area contributed by atoms with Crippen molar-refractivity contribution in [1.82, 2.24) is 20.0 Å². The van der Waals surface area contributed by atoms with Crippen LogP contribution >= 0.6 is 11.6 Å². The number of fused-ring (bicyclic) bond motifs is 2. The molecule has 2 aromatic carbocycles. The Bertz CT molecular complexity index is 1230. The molecule has 2 aromatic heterocycles. The Morgan fingerprint density at radius 1 is 1.30 bits per heavy atom. The SMILES string of the molecule is CNc1nn(Cc2cc(C(Cl)C(C)C)cc3cn[nH]c23)c2ccc(C(=O)OC)cc12. The standard InChI is InChI=1S/C22H24ClN5O2/c1-12(2)19(23)14-7-15-10-25-26-20(15)16(8-14)11-28-18-6-5-13(22(29)30-4)9-17(18)21(24-3)27-28/h5-10,12,19H,11H2,1-4H3,(H,24,27)(H,25,26). The highest BCUT2D eigenvalue weighted by atomic mass is 35.5. The first-order valence-corrected chi connectivity index (χ1v) is 10.2. The van der Waals surface area contributed by atoms with E-state index in [-0.39, 0.29) is 11.3 Å². The molecule has 1 unspecified atom stereocenters. The normalized spacial score (nSPS) is 12.6. The van der Waals surface area contributed by atoms with Crippen LogP contribution in [0.1, 0.15) is 40.7 Å². The number of H-pyrrole nitrogens is 1. The minimum atomic E-state index is -0.375. The summed E-state index contributed by atoms with van der Waals surface area (Å²) in [5.41, 5.74) is 4.48. The number of anilines is 1. The van der Waals surface area contributed by atoms with Gasteiger partial charge in [0.25, 0.3) is 0 Å². The predicted molar refractivity (Wildman–Crippen MR) is 119 cm³/mol. The van der Waals surface area contributed by atoms with Gasteiger partial charge in [0.05, 0.1) is 41.8 Å². The number of aromatic nitrogens is 4. The number of alkyl halides is 1. The van der Waals surface area contributed by atoms with Crippen LogP contribution in [0.4, 0.5) is 5.82 Å². The molecule has 156 valence electrons. The van der Waals surface area contributed by atoms with E-state index in [0.29, 0.717) is 23.8 Å². The monoisotopic (exact) mass is 425 g/mol. The second-order valence-corrected chi connectivity index (χ2v) is 8.11. The maximum Gasteiger partial charge on any atom is 0.337 e. The van der Waals surface area contributed by atoms with Crippen molar-refractivity contribution in [3.8, 4) is 0 Å².